The molecular weight excluding hydrogens is 394 g/mol. The number of hydrogen-bond donors (Lipinski definition) is 3. The Hall–Kier alpha value is -3.16. The van der Waals surface area contributed by atoms with Crippen LogP contribution >= 0.6 is 0 Å². The van der Waals surface area contributed by atoms with Crippen molar-refractivity contribution in [3.05, 3.63) is 46.9 Å². The highest BCUT2D eigenvalue weighted by molar-refractivity contribution is 5.96. The van der Waals surface area contributed by atoms with Gasteiger partial charge in [-0.1, -0.05) is 32.9 Å². The fourth-order valence-electron chi connectivity index (χ4n) is 3.06. The number of carbonyl (C=O) groups is 2. The van der Waals surface area contributed by atoms with Crippen molar-refractivity contribution in [2.24, 2.45) is 5.73 Å². The van der Waals surface area contributed by atoms with Crippen LogP contribution in [0.2, 0.25) is 0 Å². The molecule has 1 heterocycles. The van der Waals surface area contributed by atoms with Gasteiger partial charge in [-0.25, -0.2) is 14.8 Å². The smallest absolute Gasteiger partial charge is 0.407 e. The van der Waals surface area contributed by atoms with Crippen molar-refractivity contribution in [1.29, 1.82) is 0 Å². The summed E-state index contributed by atoms with van der Waals surface area (Å²) in [6.07, 6.45) is 0.934. The van der Waals surface area contributed by atoms with Gasteiger partial charge in [-0.05, 0) is 57.2 Å². The molecule has 0 unspecified atom stereocenters. The lowest BCUT2D eigenvalue weighted by Crippen LogP contribution is -2.34. The van der Waals surface area contributed by atoms with Crippen molar-refractivity contribution in [1.82, 2.24) is 15.3 Å². The van der Waals surface area contributed by atoms with Crippen molar-refractivity contribution in [2.45, 2.75) is 65.9 Å². The summed E-state index contributed by atoms with van der Waals surface area (Å²) in [4.78, 5) is 32.9. The summed E-state index contributed by atoms with van der Waals surface area (Å²) in [5.41, 5.74) is 8.50. The molecule has 1 atom stereocenters. The number of ether oxygens (including phenoxy) is 1. The van der Waals surface area contributed by atoms with Gasteiger partial charge in [0.25, 0.3) is 5.91 Å². The zero-order valence-electron chi connectivity index (χ0n) is 19.2. The largest absolute Gasteiger partial charge is 0.444 e. The molecule has 0 fully saturated rings. The molecule has 0 aliphatic carbocycles. The Bertz CT molecular complexity index is 937. The first-order chi connectivity index (χ1) is 14.5. The van der Waals surface area contributed by atoms with Crippen LogP contribution in [0.15, 0.2) is 24.3 Å². The summed E-state index contributed by atoms with van der Waals surface area (Å²) in [5, 5.41) is 5.98. The summed E-state index contributed by atoms with van der Waals surface area (Å²) in [6.45, 7) is 11.9. The fourth-order valence-corrected chi connectivity index (χ4v) is 3.06. The number of rotatable bonds is 8. The molecule has 0 aliphatic heterocycles. The number of nitrogens with zero attached hydrogens (tertiary/aromatic N) is 2. The van der Waals surface area contributed by atoms with Gasteiger partial charge < -0.3 is 21.1 Å². The number of hydrogen-bond acceptors (Lipinski definition) is 6. The van der Waals surface area contributed by atoms with Gasteiger partial charge in [0, 0.05) is 12.2 Å². The van der Waals surface area contributed by atoms with Gasteiger partial charge in [0.15, 0.2) is 11.5 Å². The molecule has 0 radical (unpaired) electrons. The third kappa shape index (κ3) is 6.94. The van der Waals surface area contributed by atoms with E-state index in [1.807, 2.05) is 65.8 Å². The van der Waals surface area contributed by atoms with E-state index in [2.05, 4.69) is 20.6 Å². The normalized spacial score (nSPS) is 12.2. The molecule has 0 bridgehead atoms. The van der Waals surface area contributed by atoms with Crippen molar-refractivity contribution in [2.75, 3.05) is 11.9 Å². The summed E-state index contributed by atoms with van der Waals surface area (Å²) in [7, 11) is 0. The van der Waals surface area contributed by atoms with Crippen LogP contribution in [0.4, 0.5) is 16.3 Å². The molecule has 0 saturated carbocycles. The van der Waals surface area contributed by atoms with Gasteiger partial charge in [-0.3, -0.25) is 4.79 Å². The first kappa shape index (κ1) is 24.1. The Morgan fingerprint density at radius 3 is 2.35 bits per heavy atom. The molecule has 0 spiro atoms. The molecular formula is C23H33N5O3. The second-order valence-corrected chi connectivity index (χ2v) is 8.42. The van der Waals surface area contributed by atoms with E-state index in [4.69, 9.17) is 10.5 Å². The van der Waals surface area contributed by atoms with Gasteiger partial charge in [0.2, 0.25) is 0 Å². The van der Waals surface area contributed by atoms with Gasteiger partial charge in [0.1, 0.15) is 5.60 Å². The molecule has 2 amide bonds. The number of amides is 2. The molecule has 0 saturated heterocycles. The number of benzene rings is 1. The van der Waals surface area contributed by atoms with Crippen LogP contribution in [-0.4, -0.2) is 34.1 Å². The fraction of sp³-hybridized carbons (Fsp3) is 0.478. The van der Waals surface area contributed by atoms with E-state index in [1.165, 1.54) is 0 Å². The van der Waals surface area contributed by atoms with Crippen LogP contribution in [0.5, 0.6) is 0 Å². The molecule has 8 heteroatoms. The second-order valence-electron chi connectivity index (χ2n) is 8.42. The highest BCUT2D eigenvalue weighted by atomic mass is 16.6. The van der Waals surface area contributed by atoms with Gasteiger partial charge in [-0.15, -0.1) is 0 Å². The maximum Gasteiger partial charge on any atom is 0.407 e. The van der Waals surface area contributed by atoms with E-state index < -0.39 is 17.6 Å². The standard InChI is InChI=1S/C23H33N5O3/c1-7-17-18(8-2)28-21(19(27-17)20(24)29)26-16-11-9-10-15(12-16)14(3)13-25-22(30)31-23(4,5)6/h9-12,14H,7-8,13H2,1-6H3,(H2,24,29)(H,25,30)(H,26,28)/t14-/m1/s1. The summed E-state index contributed by atoms with van der Waals surface area (Å²) in [6, 6.07) is 7.71. The molecule has 8 nitrogen and oxygen atoms in total. The topological polar surface area (TPSA) is 119 Å². The van der Waals surface area contributed by atoms with Crippen LogP contribution in [0, 0.1) is 0 Å². The number of aryl methyl sites for hydroxylation is 2. The van der Waals surface area contributed by atoms with E-state index in [9.17, 15) is 9.59 Å². The third-order valence-corrected chi connectivity index (χ3v) is 4.62. The molecule has 31 heavy (non-hydrogen) atoms. The molecule has 4 N–H and O–H groups in total. The Morgan fingerprint density at radius 1 is 1.13 bits per heavy atom. The monoisotopic (exact) mass is 427 g/mol. The van der Waals surface area contributed by atoms with E-state index in [-0.39, 0.29) is 11.6 Å². The Balaban J connectivity index is 2.19. The van der Waals surface area contributed by atoms with Crippen LogP contribution in [0.25, 0.3) is 0 Å². The van der Waals surface area contributed by atoms with Crippen molar-refractivity contribution in [3.8, 4) is 0 Å². The summed E-state index contributed by atoms with van der Waals surface area (Å²) < 4.78 is 5.28. The van der Waals surface area contributed by atoms with E-state index in [0.717, 1.165) is 22.6 Å². The quantitative estimate of drug-likeness (QED) is 0.584. The minimum Gasteiger partial charge on any atom is -0.444 e. The maximum absolute atomic E-state index is 11.9. The van der Waals surface area contributed by atoms with E-state index in [1.54, 1.807) is 0 Å². The number of carbonyl (C=O) groups excluding carboxylic acids is 2. The van der Waals surface area contributed by atoms with E-state index in [0.29, 0.717) is 25.2 Å². The second kappa shape index (κ2) is 10.2. The first-order valence-corrected chi connectivity index (χ1v) is 10.6. The zero-order chi connectivity index (χ0) is 23.2. The molecule has 0 aliphatic rings. The van der Waals surface area contributed by atoms with Crippen LogP contribution in [0.3, 0.4) is 0 Å². The lowest BCUT2D eigenvalue weighted by atomic mass is 10.0. The maximum atomic E-state index is 11.9. The Morgan fingerprint density at radius 2 is 1.77 bits per heavy atom. The van der Waals surface area contributed by atoms with Crippen LogP contribution in [-0.2, 0) is 17.6 Å². The Kier molecular flexibility index (Phi) is 7.96. The van der Waals surface area contributed by atoms with Crippen molar-refractivity contribution >= 4 is 23.5 Å². The zero-order valence-corrected chi connectivity index (χ0v) is 19.2. The van der Waals surface area contributed by atoms with Gasteiger partial charge in [0.05, 0.1) is 11.4 Å². The molecule has 2 aromatic rings. The summed E-state index contributed by atoms with van der Waals surface area (Å²) >= 11 is 0. The van der Waals surface area contributed by atoms with Crippen molar-refractivity contribution < 1.29 is 14.3 Å². The SMILES string of the molecule is CCc1nc(Nc2cccc([C@H](C)CNC(=O)OC(C)(C)C)c2)c(C(N)=O)nc1CC. The number of nitrogens with two attached hydrogens (primary N) is 1. The highest BCUT2D eigenvalue weighted by Gasteiger charge is 2.18. The Labute approximate surface area is 184 Å². The average Bonchev–Trinajstić information content (AvgIpc) is 2.70. The van der Waals surface area contributed by atoms with Gasteiger partial charge >= 0.3 is 6.09 Å². The number of alkyl carbamates (subject to hydrolysis) is 1. The van der Waals surface area contributed by atoms with Crippen LogP contribution < -0.4 is 16.4 Å². The molecule has 1 aromatic heterocycles. The minimum atomic E-state index is -0.626. The molecule has 168 valence electrons. The molecule has 1 aromatic carbocycles. The first-order valence-electron chi connectivity index (χ1n) is 10.6. The van der Waals surface area contributed by atoms with Crippen LogP contribution in [0.1, 0.15) is 74.9 Å². The highest BCUT2D eigenvalue weighted by Crippen LogP contribution is 2.24. The number of nitrogens with one attached hydrogen (secondary N) is 2. The lowest BCUT2D eigenvalue weighted by Gasteiger charge is -2.21. The number of aromatic nitrogens is 2. The predicted molar refractivity (Wildman–Crippen MR) is 122 cm³/mol. The van der Waals surface area contributed by atoms with Gasteiger partial charge in [-0.2, -0.15) is 0 Å². The number of primary amides is 1. The van der Waals surface area contributed by atoms with Crippen molar-refractivity contribution in [3.63, 3.8) is 0 Å². The third-order valence-electron chi connectivity index (χ3n) is 4.62. The average molecular weight is 428 g/mol. The minimum absolute atomic E-state index is 0.0460. The summed E-state index contributed by atoms with van der Waals surface area (Å²) in [5.74, 6) is -0.235. The predicted octanol–water partition coefficient (Wildman–Crippen LogP) is 4.07. The van der Waals surface area contributed by atoms with E-state index >= 15 is 0 Å². The molecule has 2 rings (SSSR count). The lowest BCUT2D eigenvalue weighted by molar-refractivity contribution is 0.0525. The number of anilines is 2.